The van der Waals surface area contributed by atoms with Crippen LogP contribution in [-0.2, 0) is 34.0 Å². The summed E-state index contributed by atoms with van der Waals surface area (Å²) in [5.74, 6) is -4.22. The molecule has 1 atom stereocenters. The van der Waals surface area contributed by atoms with E-state index in [4.69, 9.17) is 14.2 Å². The van der Waals surface area contributed by atoms with Crippen molar-refractivity contribution in [2.45, 2.75) is 32.3 Å². The minimum absolute atomic E-state index is 0.0258. The lowest BCUT2D eigenvalue weighted by molar-refractivity contribution is -0.159. The van der Waals surface area contributed by atoms with Gasteiger partial charge in [-0.05, 0) is 25.0 Å². The van der Waals surface area contributed by atoms with E-state index in [2.05, 4.69) is 0 Å². The van der Waals surface area contributed by atoms with Crippen LogP contribution in [0.2, 0.25) is 0 Å². The van der Waals surface area contributed by atoms with Gasteiger partial charge >= 0.3 is 17.9 Å². The maximum absolute atomic E-state index is 13.9. The van der Waals surface area contributed by atoms with Crippen LogP contribution in [0.5, 0.6) is 0 Å². The summed E-state index contributed by atoms with van der Waals surface area (Å²) < 4.78 is 15.7. The Morgan fingerprint density at radius 2 is 1.44 bits per heavy atom. The fraction of sp³-hybridized carbons (Fsp3) is 0.269. The Bertz CT molecular complexity index is 1310. The van der Waals surface area contributed by atoms with Crippen LogP contribution >= 0.6 is 0 Å². The Labute approximate surface area is 195 Å². The minimum atomic E-state index is -2.39. The number of carbonyl (C=O) groups excluding carboxylic acids is 5. The van der Waals surface area contributed by atoms with Crippen LogP contribution in [0.4, 0.5) is 0 Å². The lowest BCUT2D eigenvalue weighted by Crippen LogP contribution is -2.54. The lowest BCUT2D eigenvalue weighted by Gasteiger charge is -2.42. The third-order valence-electron chi connectivity index (χ3n) is 6.26. The number of methoxy groups -OCH3 is 2. The Morgan fingerprint density at radius 1 is 0.882 bits per heavy atom. The van der Waals surface area contributed by atoms with Crippen molar-refractivity contribution in [3.05, 3.63) is 80.9 Å². The van der Waals surface area contributed by atoms with Crippen LogP contribution in [0.3, 0.4) is 0 Å². The summed E-state index contributed by atoms with van der Waals surface area (Å²) in [6.07, 6.45) is -1.31. The van der Waals surface area contributed by atoms with Crippen molar-refractivity contribution in [3.8, 4) is 0 Å². The Balaban J connectivity index is 2.26. The molecule has 0 heterocycles. The molecular weight excluding hydrogens is 440 g/mol. The first-order chi connectivity index (χ1) is 16.1. The molecular formula is C26H22O8. The molecule has 0 spiro atoms. The van der Waals surface area contributed by atoms with Gasteiger partial charge in [0.15, 0.2) is 17.7 Å². The molecule has 1 unspecified atom stereocenters. The highest BCUT2D eigenvalue weighted by Gasteiger charge is 2.63. The Morgan fingerprint density at radius 3 is 1.97 bits per heavy atom. The number of aryl methyl sites for hydroxylation is 2. The number of ketones is 2. The lowest BCUT2D eigenvalue weighted by atomic mass is 9.59. The molecule has 174 valence electrons. The summed E-state index contributed by atoms with van der Waals surface area (Å²) in [4.78, 5) is 66.8. The molecule has 2 aromatic carbocycles. The van der Waals surface area contributed by atoms with E-state index in [1.54, 1.807) is 38.1 Å². The number of ether oxygens (including phenoxy) is 3. The van der Waals surface area contributed by atoms with E-state index in [1.807, 2.05) is 0 Å². The van der Waals surface area contributed by atoms with Gasteiger partial charge in [-0.25, -0.2) is 0 Å². The summed E-state index contributed by atoms with van der Waals surface area (Å²) in [7, 11) is 2.16. The molecule has 0 amide bonds. The molecule has 0 aliphatic heterocycles. The molecule has 0 N–H and O–H groups in total. The first-order valence-electron chi connectivity index (χ1n) is 10.5. The molecule has 0 bridgehead atoms. The first kappa shape index (κ1) is 23.1. The number of esters is 3. The zero-order valence-electron chi connectivity index (χ0n) is 19.3. The van der Waals surface area contributed by atoms with E-state index in [1.165, 1.54) is 19.1 Å². The predicted molar refractivity (Wildman–Crippen MR) is 118 cm³/mol. The summed E-state index contributed by atoms with van der Waals surface area (Å²) >= 11 is 0. The number of fused-ring (bicyclic) bond motifs is 2. The van der Waals surface area contributed by atoms with Gasteiger partial charge in [0.25, 0.3) is 0 Å². The van der Waals surface area contributed by atoms with Gasteiger partial charge in [-0.2, -0.15) is 0 Å². The summed E-state index contributed by atoms with van der Waals surface area (Å²) in [6, 6.07) is 9.39. The molecule has 34 heavy (non-hydrogen) atoms. The van der Waals surface area contributed by atoms with Crippen molar-refractivity contribution in [3.63, 3.8) is 0 Å². The third kappa shape index (κ3) is 2.95. The fourth-order valence-electron chi connectivity index (χ4n) is 5.03. The SMILES string of the molecule is COC(=O)C1(C(=O)OC)C2=C(C(=O)c3ccccc3C2=O)C(OC(C)=O)c2c(C)cc(C)cc21. The average Bonchev–Trinajstić information content (AvgIpc) is 2.80. The molecule has 2 aliphatic rings. The van der Waals surface area contributed by atoms with E-state index in [-0.39, 0.29) is 27.8 Å². The second kappa shape index (κ2) is 8.06. The number of hydrogen-bond acceptors (Lipinski definition) is 8. The van der Waals surface area contributed by atoms with Gasteiger partial charge in [-0.3, -0.25) is 24.0 Å². The molecule has 2 aromatic rings. The van der Waals surface area contributed by atoms with E-state index in [9.17, 15) is 24.0 Å². The fourth-order valence-corrected chi connectivity index (χ4v) is 5.03. The summed E-state index contributed by atoms with van der Waals surface area (Å²) in [6.45, 7) is 4.63. The van der Waals surface area contributed by atoms with Gasteiger partial charge < -0.3 is 14.2 Å². The smallest absolute Gasteiger partial charge is 0.332 e. The van der Waals surface area contributed by atoms with Crippen molar-refractivity contribution < 1.29 is 38.2 Å². The zero-order chi connectivity index (χ0) is 24.9. The normalized spacial score (nSPS) is 17.9. The first-order valence-corrected chi connectivity index (χ1v) is 10.5. The standard InChI is InChI=1S/C26H22O8/c1-12-10-13(2)18-17(11-12)26(24(30)32-4,25(31)33-5)20-19(23(18)34-14(3)27)21(28)15-8-6-7-9-16(15)22(20)29/h6-11,23H,1-5H3. The van der Waals surface area contributed by atoms with Gasteiger partial charge in [0.2, 0.25) is 5.41 Å². The van der Waals surface area contributed by atoms with Gasteiger partial charge in [-0.15, -0.1) is 0 Å². The Kier molecular flexibility index (Phi) is 5.47. The second-order valence-corrected chi connectivity index (χ2v) is 8.26. The van der Waals surface area contributed by atoms with Crippen molar-refractivity contribution in [2.24, 2.45) is 0 Å². The maximum atomic E-state index is 13.9. The number of benzene rings is 2. The largest absolute Gasteiger partial charge is 0.468 e. The molecule has 0 radical (unpaired) electrons. The molecule has 2 aliphatic carbocycles. The number of rotatable bonds is 3. The summed E-state index contributed by atoms with van der Waals surface area (Å²) in [5, 5.41) is 0. The van der Waals surface area contributed by atoms with E-state index >= 15 is 0 Å². The highest BCUT2D eigenvalue weighted by atomic mass is 16.6. The van der Waals surface area contributed by atoms with Gasteiger partial charge in [0.05, 0.1) is 19.8 Å². The Hall–Kier alpha value is -4.07. The monoisotopic (exact) mass is 462 g/mol. The van der Waals surface area contributed by atoms with E-state index in [0.29, 0.717) is 11.1 Å². The summed E-state index contributed by atoms with van der Waals surface area (Å²) in [5.41, 5.74) is -1.38. The molecule has 0 aromatic heterocycles. The van der Waals surface area contributed by atoms with Crippen LogP contribution < -0.4 is 0 Å². The predicted octanol–water partition coefficient (Wildman–Crippen LogP) is 2.88. The van der Waals surface area contributed by atoms with E-state index in [0.717, 1.165) is 14.2 Å². The third-order valence-corrected chi connectivity index (χ3v) is 6.26. The maximum Gasteiger partial charge on any atom is 0.332 e. The van der Waals surface area contributed by atoms with Crippen LogP contribution in [0.15, 0.2) is 47.5 Å². The van der Waals surface area contributed by atoms with Crippen molar-refractivity contribution in [1.82, 2.24) is 0 Å². The van der Waals surface area contributed by atoms with Gasteiger partial charge in [0.1, 0.15) is 0 Å². The molecule has 0 saturated carbocycles. The topological polar surface area (TPSA) is 113 Å². The molecule has 0 fully saturated rings. The highest BCUT2D eigenvalue weighted by molar-refractivity contribution is 6.33. The molecule has 8 heteroatoms. The number of carbonyl (C=O) groups is 5. The quantitative estimate of drug-likeness (QED) is 0.389. The van der Waals surface area contributed by atoms with Crippen LogP contribution in [0.1, 0.15) is 56.0 Å². The zero-order valence-corrected chi connectivity index (χ0v) is 19.3. The van der Waals surface area contributed by atoms with Crippen LogP contribution in [0.25, 0.3) is 0 Å². The highest BCUT2D eigenvalue weighted by Crippen LogP contribution is 2.53. The van der Waals surface area contributed by atoms with Gasteiger partial charge in [0, 0.05) is 29.2 Å². The second-order valence-electron chi connectivity index (χ2n) is 8.26. The number of hydrogen-bond donors (Lipinski definition) is 0. The molecule has 0 saturated heterocycles. The number of Topliss-reactive ketones (excluding diaryl/α,β-unsaturated/α-hetero) is 2. The van der Waals surface area contributed by atoms with Gasteiger partial charge in [-0.1, -0.05) is 42.0 Å². The van der Waals surface area contributed by atoms with Crippen LogP contribution in [0, 0.1) is 13.8 Å². The van der Waals surface area contributed by atoms with E-state index < -0.39 is 46.6 Å². The minimum Gasteiger partial charge on any atom is -0.468 e. The molecule has 4 rings (SSSR count). The van der Waals surface area contributed by atoms with Crippen LogP contribution in [-0.4, -0.2) is 43.7 Å². The molecule has 8 nitrogen and oxygen atoms in total. The average molecular weight is 462 g/mol. The van der Waals surface area contributed by atoms with Crippen molar-refractivity contribution >= 4 is 29.5 Å². The van der Waals surface area contributed by atoms with Crippen molar-refractivity contribution in [2.75, 3.05) is 14.2 Å². The van der Waals surface area contributed by atoms with Crippen molar-refractivity contribution in [1.29, 1.82) is 0 Å².